The van der Waals surface area contributed by atoms with Gasteiger partial charge in [0.15, 0.2) is 0 Å². The molecule has 0 aliphatic rings. The van der Waals surface area contributed by atoms with Gasteiger partial charge in [-0.2, -0.15) is 0 Å². The third-order valence-corrected chi connectivity index (χ3v) is 9.85. The van der Waals surface area contributed by atoms with Crippen molar-refractivity contribution in [3.05, 3.63) is 112 Å². The van der Waals surface area contributed by atoms with Crippen molar-refractivity contribution in [2.24, 2.45) is 0 Å². The molecule has 0 saturated heterocycles. The molecular formula is C28H25Cl2N3O5S2. The Morgan fingerprint density at radius 3 is 2.05 bits per heavy atom. The van der Waals surface area contributed by atoms with Crippen LogP contribution in [0.1, 0.15) is 11.1 Å². The lowest BCUT2D eigenvalue weighted by Crippen LogP contribution is -2.38. The fourth-order valence-electron chi connectivity index (χ4n) is 3.85. The van der Waals surface area contributed by atoms with Crippen molar-refractivity contribution in [1.82, 2.24) is 0 Å². The van der Waals surface area contributed by atoms with Gasteiger partial charge in [-0.15, -0.1) is 0 Å². The molecule has 0 aromatic heterocycles. The van der Waals surface area contributed by atoms with Crippen molar-refractivity contribution in [3.8, 4) is 0 Å². The van der Waals surface area contributed by atoms with Crippen molar-refractivity contribution >= 4 is 66.2 Å². The lowest BCUT2D eigenvalue weighted by Gasteiger charge is -2.25. The number of sulfonamides is 2. The van der Waals surface area contributed by atoms with E-state index in [1.807, 2.05) is 0 Å². The minimum Gasteiger partial charge on any atom is -0.325 e. The summed E-state index contributed by atoms with van der Waals surface area (Å²) in [5, 5.41) is 3.44. The van der Waals surface area contributed by atoms with Gasteiger partial charge in [-0.3, -0.25) is 13.8 Å². The molecule has 0 atom stereocenters. The van der Waals surface area contributed by atoms with Crippen LogP contribution in [-0.4, -0.2) is 29.3 Å². The van der Waals surface area contributed by atoms with Crippen LogP contribution in [0, 0.1) is 13.8 Å². The highest BCUT2D eigenvalue weighted by Gasteiger charge is 2.28. The first kappa shape index (κ1) is 29.4. The standard InChI is InChI=1S/C28H25Cl2N3O5S2/c1-19-6-3-4-9-27(19)33(40(37,38)24-14-10-21(29)11-15-24)18-28(34)31-22-12-16-23(17-13-22)39(35,36)32-26-8-5-7-25(30)20(26)2/h3-17,32H,18H2,1-2H3,(H,31,34). The van der Waals surface area contributed by atoms with E-state index in [1.165, 1.54) is 48.5 Å². The first-order valence-corrected chi connectivity index (χ1v) is 15.6. The quantitative estimate of drug-likeness (QED) is 0.231. The average Bonchev–Trinajstić information content (AvgIpc) is 2.91. The Hall–Kier alpha value is -3.57. The molecule has 0 spiro atoms. The fourth-order valence-corrected chi connectivity index (χ4v) is 6.76. The van der Waals surface area contributed by atoms with E-state index >= 15 is 0 Å². The molecule has 4 rings (SSSR count). The lowest BCUT2D eigenvalue weighted by atomic mass is 10.2. The predicted molar refractivity (Wildman–Crippen MR) is 159 cm³/mol. The number of amides is 1. The van der Waals surface area contributed by atoms with Crippen molar-refractivity contribution in [2.45, 2.75) is 23.6 Å². The Morgan fingerprint density at radius 2 is 1.40 bits per heavy atom. The number of hydrogen-bond donors (Lipinski definition) is 2. The largest absolute Gasteiger partial charge is 0.325 e. The Balaban J connectivity index is 1.54. The van der Waals surface area contributed by atoms with Crippen molar-refractivity contribution in [3.63, 3.8) is 0 Å². The van der Waals surface area contributed by atoms with Crippen LogP contribution in [0.4, 0.5) is 17.1 Å². The third-order valence-electron chi connectivity index (χ3n) is 6.03. The molecule has 40 heavy (non-hydrogen) atoms. The number of carbonyl (C=O) groups is 1. The van der Waals surface area contributed by atoms with Gasteiger partial charge >= 0.3 is 0 Å². The van der Waals surface area contributed by atoms with Crippen LogP contribution < -0.4 is 14.3 Å². The van der Waals surface area contributed by atoms with E-state index in [2.05, 4.69) is 10.0 Å². The minimum absolute atomic E-state index is 0.0232. The maximum Gasteiger partial charge on any atom is 0.264 e. The van der Waals surface area contributed by atoms with Crippen molar-refractivity contribution in [2.75, 3.05) is 20.9 Å². The van der Waals surface area contributed by atoms with Crippen LogP contribution >= 0.6 is 23.2 Å². The first-order chi connectivity index (χ1) is 18.9. The number of carbonyl (C=O) groups excluding carboxylic acids is 1. The Kier molecular flexibility index (Phi) is 8.74. The van der Waals surface area contributed by atoms with Gasteiger partial charge in [-0.05, 0) is 91.7 Å². The summed E-state index contributed by atoms with van der Waals surface area (Å²) in [6.45, 7) is 2.92. The number of halogens is 2. The van der Waals surface area contributed by atoms with Gasteiger partial charge in [-0.25, -0.2) is 16.8 Å². The van der Waals surface area contributed by atoms with E-state index in [1.54, 1.807) is 56.3 Å². The van der Waals surface area contributed by atoms with Crippen molar-refractivity contribution < 1.29 is 21.6 Å². The normalized spacial score (nSPS) is 11.6. The third kappa shape index (κ3) is 6.59. The molecule has 4 aromatic carbocycles. The zero-order valence-corrected chi connectivity index (χ0v) is 24.6. The highest BCUT2D eigenvalue weighted by molar-refractivity contribution is 7.93. The smallest absolute Gasteiger partial charge is 0.264 e. The van der Waals surface area contributed by atoms with Crippen molar-refractivity contribution in [1.29, 1.82) is 0 Å². The molecule has 0 unspecified atom stereocenters. The summed E-state index contributed by atoms with van der Waals surface area (Å²) in [6.07, 6.45) is 0. The Morgan fingerprint density at radius 1 is 0.775 bits per heavy atom. The molecule has 0 bridgehead atoms. The zero-order valence-electron chi connectivity index (χ0n) is 21.4. The van der Waals surface area contributed by atoms with Gasteiger partial charge in [0.05, 0.1) is 21.2 Å². The minimum atomic E-state index is -4.13. The topological polar surface area (TPSA) is 113 Å². The van der Waals surface area contributed by atoms with E-state index in [-0.39, 0.29) is 15.5 Å². The van der Waals surface area contributed by atoms with E-state index in [4.69, 9.17) is 23.2 Å². The molecule has 1 amide bonds. The highest BCUT2D eigenvalue weighted by atomic mass is 35.5. The average molecular weight is 619 g/mol. The predicted octanol–water partition coefficient (Wildman–Crippen LogP) is 6.25. The Bertz CT molecular complexity index is 1760. The summed E-state index contributed by atoms with van der Waals surface area (Å²) in [4.78, 5) is 13.0. The summed E-state index contributed by atoms with van der Waals surface area (Å²) >= 11 is 12.0. The van der Waals surface area contributed by atoms with Gasteiger partial charge in [-0.1, -0.05) is 47.5 Å². The second-order valence-corrected chi connectivity index (χ2v) is 13.2. The molecular weight excluding hydrogens is 593 g/mol. The highest BCUT2D eigenvalue weighted by Crippen LogP contribution is 2.28. The number of hydrogen-bond acceptors (Lipinski definition) is 5. The fraction of sp³-hybridized carbons (Fsp3) is 0.107. The molecule has 0 saturated carbocycles. The summed E-state index contributed by atoms with van der Waals surface area (Å²) in [6, 6.07) is 22.9. The number of aryl methyl sites for hydroxylation is 1. The van der Waals surface area contributed by atoms with Gasteiger partial charge in [0, 0.05) is 15.7 Å². The van der Waals surface area contributed by atoms with Crippen LogP contribution in [0.3, 0.4) is 0 Å². The molecule has 0 aliphatic carbocycles. The summed E-state index contributed by atoms with van der Waals surface area (Å²) in [5.74, 6) is -0.621. The van der Waals surface area contributed by atoms with Gasteiger partial charge in [0.25, 0.3) is 20.0 Å². The maximum atomic E-state index is 13.6. The Labute approximate surface area is 243 Å². The number of rotatable bonds is 9. The molecule has 208 valence electrons. The van der Waals surface area contributed by atoms with Crippen LogP contribution in [0.5, 0.6) is 0 Å². The second-order valence-electron chi connectivity index (χ2n) is 8.84. The second kappa shape index (κ2) is 11.9. The number of anilines is 3. The number of nitrogens with one attached hydrogen (secondary N) is 2. The molecule has 12 heteroatoms. The number of benzene rings is 4. The van der Waals surface area contributed by atoms with E-state index in [0.717, 1.165) is 4.31 Å². The maximum absolute atomic E-state index is 13.6. The summed E-state index contributed by atoms with van der Waals surface area (Å²) in [5.41, 5.74) is 2.23. The molecule has 4 aromatic rings. The van der Waals surface area contributed by atoms with Crippen LogP contribution in [0.2, 0.25) is 10.0 Å². The molecule has 0 radical (unpaired) electrons. The molecule has 8 nitrogen and oxygen atoms in total. The van der Waals surface area contributed by atoms with Gasteiger partial charge in [0.2, 0.25) is 5.91 Å². The lowest BCUT2D eigenvalue weighted by molar-refractivity contribution is -0.114. The monoisotopic (exact) mass is 617 g/mol. The summed E-state index contributed by atoms with van der Waals surface area (Å²) in [7, 11) is -8.06. The van der Waals surface area contributed by atoms with Gasteiger partial charge < -0.3 is 5.32 Å². The van der Waals surface area contributed by atoms with E-state index < -0.39 is 32.5 Å². The molecule has 0 fully saturated rings. The van der Waals surface area contributed by atoms with E-state index in [0.29, 0.717) is 32.5 Å². The van der Waals surface area contributed by atoms with Crippen LogP contribution in [0.15, 0.2) is 101 Å². The van der Waals surface area contributed by atoms with Crippen LogP contribution in [0.25, 0.3) is 0 Å². The molecule has 0 heterocycles. The number of para-hydroxylation sites is 1. The number of nitrogens with zero attached hydrogens (tertiary/aromatic N) is 1. The molecule has 0 aliphatic heterocycles. The van der Waals surface area contributed by atoms with E-state index in [9.17, 15) is 21.6 Å². The molecule has 2 N–H and O–H groups in total. The SMILES string of the molecule is Cc1ccccc1N(CC(=O)Nc1ccc(S(=O)(=O)Nc2cccc(Cl)c2C)cc1)S(=O)(=O)c1ccc(Cl)cc1. The first-order valence-electron chi connectivity index (χ1n) is 11.9. The summed E-state index contributed by atoms with van der Waals surface area (Å²) < 4.78 is 56.4. The van der Waals surface area contributed by atoms with Crippen LogP contribution in [-0.2, 0) is 24.8 Å². The zero-order chi connectivity index (χ0) is 29.1. The van der Waals surface area contributed by atoms with Gasteiger partial charge in [0.1, 0.15) is 6.54 Å².